The van der Waals surface area contributed by atoms with Gasteiger partial charge in [0, 0.05) is 22.3 Å². The van der Waals surface area contributed by atoms with Gasteiger partial charge in [0.25, 0.3) is 0 Å². The first-order valence-corrected chi connectivity index (χ1v) is 5.09. The molecule has 0 saturated heterocycles. The van der Waals surface area contributed by atoms with Crippen LogP contribution >= 0.6 is 15.9 Å². The van der Waals surface area contributed by atoms with Gasteiger partial charge >= 0.3 is 0 Å². The van der Waals surface area contributed by atoms with Crippen LogP contribution in [0.1, 0.15) is 5.56 Å². The second-order valence-corrected chi connectivity index (χ2v) is 3.98. The first-order valence-electron chi connectivity index (χ1n) is 4.29. The predicted octanol–water partition coefficient (Wildman–Crippen LogP) is 1.12. The van der Waals surface area contributed by atoms with Gasteiger partial charge in [-0.2, -0.15) is 0 Å². The summed E-state index contributed by atoms with van der Waals surface area (Å²) in [5.74, 6) is 0.962. The van der Waals surface area contributed by atoms with Gasteiger partial charge < -0.3 is 4.74 Å². The number of ether oxygens (including phenoxy) is 1. The maximum Gasteiger partial charge on any atom is 0.1000 e. The Morgan fingerprint density at radius 3 is 3.00 bits per heavy atom. The second kappa shape index (κ2) is 3.58. The van der Waals surface area contributed by atoms with E-state index in [1.807, 2.05) is 12.2 Å². The normalized spacial score (nSPS) is 14.0. The van der Waals surface area contributed by atoms with Crippen LogP contribution in [0.5, 0.6) is 0 Å². The zero-order valence-electron chi connectivity index (χ0n) is 7.88. The summed E-state index contributed by atoms with van der Waals surface area (Å²) in [5.41, 5.74) is 1.20. The van der Waals surface area contributed by atoms with Crippen molar-refractivity contribution in [3.8, 4) is 0 Å². The highest BCUT2D eigenvalue weighted by atomic mass is 79.9. The van der Waals surface area contributed by atoms with E-state index in [-0.39, 0.29) is 0 Å². The highest BCUT2D eigenvalue weighted by molar-refractivity contribution is 9.10. The Kier molecular flexibility index (Phi) is 2.42. The first kappa shape index (κ1) is 9.46. The molecule has 0 amide bonds. The number of methoxy groups -OCH3 is 1. The van der Waals surface area contributed by atoms with E-state index >= 15 is 0 Å². The summed E-state index contributed by atoms with van der Waals surface area (Å²) >= 11 is 3.48. The molecule has 1 aliphatic rings. The summed E-state index contributed by atoms with van der Waals surface area (Å²) in [5, 5.41) is 1.91. The van der Waals surface area contributed by atoms with Crippen LogP contribution in [0.3, 0.4) is 0 Å². The molecule has 0 N–H and O–H groups in total. The van der Waals surface area contributed by atoms with Crippen molar-refractivity contribution in [1.29, 1.82) is 0 Å². The molecule has 0 bridgehead atoms. The molecule has 0 aliphatic heterocycles. The molecule has 0 unspecified atom stereocenters. The van der Waals surface area contributed by atoms with Gasteiger partial charge in [0.15, 0.2) is 0 Å². The summed E-state index contributed by atoms with van der Waals surface area (Å²) in [4.78, 5) is 4.18. The molecule has 0 spiro atoms. The molecular formula is C11H10BrNO. The lowest BCUT2D eigenvalue weighted by atomic mass is 10.0. The Labute approximate surface area is 90.7 Å². The summed E-state index contributed by atoms with van der Waals surface area (Å²) in [6, 6.07) is 0. The van der Waals surface area contributed by atoms with E-state index in [1.165, 1.54) is 5.56 Å². The highest BCUT2D eigenvalue weighted by Crippen LogP contribution is 2.16. The van der Waals surface area contributed by atoms with Crippen molar-refractivity contribution >= 4 is 28.6 Å². The largest absolute Gasteiger partial charge is 0.501 e. The number of hydrogen-bond acceptors (Lipinski definition) is 2. The van der Waals surface area contributed by atoms with E-state index < -0.39 is 0 Å². The van der Waals surface area contributed by atoms with Crippen LogP contribution in [-0.2, 0) is 11.2 Å². The Balaban J connectivity index is 2.70. The van der Waals surface area contributed by atoms with Gasteiger partial charge in [-0.25, -0.2) is 0 Å². The third-order valence-corrected chi connectivity index (χ3v) is 2.99. The number of rotatable bonds is 1. The fraction of sp³-hybridized carbons (Fsp3) is 0.182. The van der Waals surface area contributed by atoms with Crippen molar-refractivity contribution in [2.75, 3.05) is 7.11 Å². The Bertz CT molecular complexity index is 505. The minimum Gasteiger partial charge on any atom is -0.501 e. The molecule has 2 nitrogen and oxygen atoms in total. The van der Waals surface area contributed by atoms with Crippen molar-refractivity contribution in [2.45, 2.75) is 6.42 Å². The SMILES string of the molecule is C=c1ncc(Br)c2c1=CC=C(OC)C2. The molecule has 0 atom stereocenters. The Morgan fingerprint density at radius 1 is 1.50 bits per heavy atom. The molecule has 14 heavy (non-hydrogen) atoms. The fourth-order valence-electron chi connectivity index (χ4n) is 1.51. The second-order valence-electron chi connectivity index (χ2n) is 3.13. The minimum atomic E-state index is 0.800. The van der Waals surface area contributed by atoms with E-state index in [1.54, 1.807) is 13.3 Å². The van der Waals surface area contributed by atoms with Gasteiger partial charge in [0.05, 0.1) is 18.2 Å². The minimum absolute atomic E-state index is 0.800. The highest BCUT2D eigenvalue weighted by Gasteiger charge is 2.09. The lowest BCUT2D eigenvalue weighted by Gasteiger charge is -2.12. The smallest absolute Gasteiger partial charge is 0.1000 e. The molecule has 0 fully saturated rings. The van der Waals surface area contributed by atoms with Gasteiger partial charge in [-0.3, -0.25) is 4.98 Å². The monoisotopic (exact) mass is 251 g/mol. The number of pyridine rings is 1. The standard InChI is InChI=1S/C11H10BrNO/c1-7-9-4-3-8(14-2)5-10(9)11(12)6-13-7/h3-4,6H,1,5H2,2H3. The van der Waals surface area contributed by atoms with Crippen molar-refractivity contribution in [1.82, 2.24) is 4.98 Å². The molecule has 0 aromatic carbocycles. The topological polar surface area (TPSA) is 22.1 Å². The number of hydrogen-bond donors (Lipinski definition) is 0. The number of aromatic nitrogens is 1. The number of halogens is 1. The van der Waals surface area contributed by atoms with E-state index in [2.05, 4.69) is 27.5 Å². The number of fused-ring (bicyclic) bond motifs is 1. The lowest BCUT2D eigenvalue weighted by molar-refractivity contribution is 0.283. The summed E-state index contributed by atoms with van der Waals surface area (Å²) in [6.45, 7) is 3.89. The average molecular weight is 252 g/mol. The summed E-state index contributed by atoms with van der Waals surface area (Å²) in [6.07, 6.45) is 6.55. The third kappa shape index (κ3) is 1.48. The van der Waals surface area contributed by atoms with Crippen molar-refractivity contribution < 1.29 is 4.74 Å². The van der Waals surface area contributed by atoms with Gasteiger partial charge in [-0.15, -0.1) is 0 Å². The van der Waals surface area contributed by atoms with Crippen LogP contribution < -0.4 is 10.6 Å². The zero-order valence-corrected chi connectivity index (χ0v) is 9.47. The van der Waals surface area contributed by atoms with Crippen molar-refractivity contribution in [3.05, 3.63) is 38.6 Å². The van der Waals surface area contributed by atoms with E-state index in [4.69, 9.17) is 4.74 Å². The molecule has 1 aromatic heterocycles. The van der Waals surface area contributed by atoms with Crippen LogP contribution in [0.2, 0.25) is 0 Å². The molecular weight excluding hydrogens is 242 g/mol. The fourth-order valence-corrected chi connectivity index (χ4v) is 1.97. The molecule has 1 heterocycles. The molecule has 72 valence electrons. The van der Waals surface area contributed by atoms with E-state index in [0.29, 0.717) is 0 Å². The van der Waals surface area contributed by atoms with Crippen molar-refractivity contribution in [2.24, 2.45) is 0 Å². The predicted molar refractivity (Wildman–Crippen MR) is 60.0 cm³/mol. The van der Waals surface area contributed by atoms with Crippen LogP contribution in [0.25, 0.3) is 12.7 Å². The molecule has 0 radical (unpaired) electrons. The van der Waals surface area contributed by atoms with Gasteiger partial charge in [0.1, 0.15) is 0 Å². The molecule has 1 aromatic rings. The lowest BCUT2D eigenvalue weighted by Crippen LogP contribution is -2.32. The average Bonchev–Trinajstić information content (AvgIpc) is 2.23. The Hall–Kier alpha value is -1.09. The molecule has 3 heteroatoms. The summed E-state index contributed by atoms with van der Waals surface area (Å²) in [7, 11) is 1.69. The maximum absolute atomic E-state index is 5.21. The summed E-state index contributed by atoms with van der Waals surface area (Å²) < 4.78 is 6.22. The molecule has 0 saturated carbocycles. The number of nitrogens with zero attached hydrogens (tertiary/aromatic N) is 1. The van der Waals surface area contributed by atoms with Crippen LogP contribution in [0, 0.1) is 0 Å². The maximum atomic E-state index is 5.21. The third-order valence-electron chi connectivity index (χ3n) is 2.31. The molecule has 2 rings (SSSR count). The van der Waals surface area contributed by atoms with E-state index in [9.17, 15) is 0 Å². The number of allylic oxidation sites excluding steroid dienone is 2. The van der Waals surface area contributed by atoms with Crippen LogP contribution in [0.15, 0.2) is 22.5 Å². The Morgan fingerprint density at radius 2 is 2.29 bits per heavy atom. The molecule has 1 aliphatic carbocycles. The van der Waals surface area contributed by atoms with Crippen LogP contribution in [-0.4, -0.2) is 12.1 Å². The first-order chi connectivity index (χ1) is 6.72. The van der Waals surface area contributed by atoms with Crippen molar-refractivity contribution in [3.63, 3.8) is 0 Å². The zero-order chi connectivity index (χ0) is 10.1. The quantitative estimate of drug-likeness (QED) is 0.747. The van der Waals surface area contributed by atoms with Gasteiger partial charge in [-0.1, -0.05) is 6.58 Å². The van der Waals surface area contributed by atoms with Gasteiger partial charge in [-0.05, 0) is 33.6 Å². The van der Waals surface area contributed by atoms with E-state index in [0.717, 1.165) is 27.2 Å². The van der Waals surface area contributed by atoms with Gasteiger partial charge in [0.2, 0.25) is 0 Å². The van der Waals surface area contributed by atoms with Crippen LogP contribution in [0.4, 0.5) is 0 Å².